The minimum absolute atomic E-state index is 0. The molecule has 1 heterocycles. The molecule has 3 aromatic rings. The molecule has 0 fully saturated rings. The second kappa shape index (κ2) is 13.8. The summed E-state index contributed by atoms with van der Waals surface area (Å²) in [5.74, 6) is 0. The van der Waals surface area contributed by atoms with Gasteiger partial charge in [-0.2, -0.15) is 5.26 Å². The quantitative estimate of drug-likeness (QED) is 0.373. The number of rotatable bonds is 4. The number of nitriles is 2. The van der Waals surface area contributed by atoms with E-state index >= 15 is 0 Å². The van der Waals surface area contributed by atoms with Crippen molar-refractivity contribution >= 4 is 11.4 Å². The van der Waals surface area contributed by atoms with Gasteiger partial charge in [0.1, 0.15) is 5.69 Å². The van der Waals surface area contributed by atoms with Gasteiger partial charge in [0, 0.05) is 31.4 Å². The van der Waals surface area contributed by atoms with Crippen molar-refractivity contribution in [3.05, 3.63) is 81.7 Å². The Balaban J connectivity index is 0.000000712. The van der Waals surface area contributed by atoms with E-state index in [1.807, 2.05) is 19.9 Å². The van der Waals surface area contributed by atoms with Crippen LogP contribution in [0.3, 0.4) is 0 Å². The molecule has 2 N–H and O–H groups in total. The van der Waals surface area contributed by atoms with Crippen molar-refractivity contribution in [2.75, 3.05) is 0 Å². The Labute approximate surface area is 224 Å². The van der Waals surface area contributed by atoms with E-state index in [1.165, 1.54) is 12.1 Å². The van der Waals surface area contributed by atoms with Gasteiger partial charge < -0.3 is 10.2 Å². The Morgan fingerprint density at radius 1 is 0.889 bits per heavy atom. The molecule has 9 heteroatoms. The van der Waals surface area contributed by atoms with E-state index in [0.717, 1.165) is 0 Å². The summed E-state index contributed by atoms with van der Waals surface area (Å²) in [7, 11) is 0. The van der Waals surface area contributed by atoms with Gasteiger partial charge in [0.15, 0.2) is 5.69 Å². The van der Waals surface area contributed by atoms with Crippen molar-refractivity contribution in [3.8, 4) is 34.7 Å². The van der Waals surface area contributed by atoms with Gasteiger partial charge in [0.25, 0.3) is 0 Å². The first-order valence-electron chi connectivity index (χ1n) is 10.6. The Morgan fingerprint density at radius 3 is 1.92 bits per heavy atom. The predicted molar refractivity (Wildman–Crippen MR) is 131 cm³/mol. The van der Waals surface area contributed by atoms with Gasteiger partial charge in [0.2, 0.25) is 0 Å². The van der Waals surface area contributed by atoms with E-state index in [2.05, 4.69) is 31.8 Å². The largest absolute Gasteiger partial charge is 0.393 e. The molecule has 0 saturated heterocycles. The van der Waals surface area contributed by atoms with Crippen molar-refractivity contribution < 1.29 is 30.3 Å². The van der Waals surface area contributed by atoms with Crippen LogP contribution >= 0.6 is 0 Å². The minimum atomic E-state index is -0.375. The molecule has 1 aromatic heterocycles. The van der Waals surface area contributed by atoms with E-state index in [1.54, 1.807) is 32.0 Å². The second-order valence-corrected chi connectivity index (χ2v) is 7.91. The van der Waals surface area contributed by atoms with E-state index in [0.29, 0.717) is 57.3 Å². The fourth-order valence-corrected chi connectivity index (χ4v) is 3.17. The van der Waals surface area contributed by atoms with Gasteiger partial charge in [0.05, 0.1) is 48.5 Å². The molecule has 1 radical (unpaired) electrons. The third-order valence-electron chi connectivity index (χ3n) is 4.80. The molecule has 8 nitrogen and oxygen atoms in total. The molecule has 0 aliphatic heterocycles. The van der Waals surface area contributed by atoms with E-state index in [-0.39, 0.29) is 37.9 Å². The van der Waals surface area contributed by atoms with Gasteiger partial charge in [-0.05, 0) is 63.9 Å². The first-order valence-corrected chi connectivity index (χ1v) is 10.6. The molecule has 0 amide bonds. The molecule has 36 heavy (non-hydrogen) atoms. The number of aliphatic hydroxyl groups is 2. The Kier molecular flexibility index (Phi) is 11.5. The number of nitrogens with zero attached hydrogens (tertiary/aromatic N) is 6. The molecule has 2 aromatic carbocycles. The summed E-state index contributed by atoms with van der Waals surface area (Å²) >= 11 is 0. The topological polar surface area (TPSA) is 123 Å². The van der Waals surface area contributed by atoms with Gasteiger partial charge in [-0.15, -0.1) is 23.8 Å². The van der Waals surface area contributed by atoms with Crippen LogP contribution < -0.4 is 0 Å². The van der Waals surface area contributed by atoms with Crippen LogP contribution in [0, 0.1) is 55.7 Å². The molecule has 3 rings (SSSR count). The van der Waals surface area contributed by atoms with Crippen LogP contribution in [0.5, 0.6) is 0 Å². The van der Waals surface area contributed by atoms with Crippen molar-refractivity contribution in [1.82, 2.24) is 9.97 Å². The summed E-state index contributed by atoms with van der Waals surface area (Å²) in [5, 5.41) is 35.7. The molecule has 0 aliphatic rings. The van der Waals surface area contributed by atoms with Crippen LogP contribution in [-0.4, -0.2) is 32.4 Å². The maximum Gasteiger partial charge on any atom is 0.189 e. The van der Waals surface area contributed by atoms with Crippen molar-refractivity contribution in [2.45, 2.75) is 46.3 Å². The normalized spacial score (nSPS) is 11.2. The van der Waals surface area contributed by atoms with E-state index < -0.39 is 0 Å². The average molecular weight is 656 g/mol. The summed E-state index contributed by atoms with van der Waals surface area (Å²) in [6.07, 6.45) is -0.278. The maximum absolute atomic E-state index is 9.29. The number of benzene rings is 2. The molecule has 183 valence electrons. The summed E-state index contributed by atoms with van der Waals surface area (Å²) in [4.78, 5) is 16.1. The SMILES string of the molecule is CC(O)CC(C)O.[C-]#[N+]c1cc(C#N)[c-]c(-c2nc(C)c(C)nc2-c2cc(C#N)cc([N+]#[C-])c2)c1.[Ir]. The van der Waals surface area contributed by atoms with Gasteiger partial charge >= 0.3 is 0 Å². The van der Waals surface area contributed by atoms with Crippen LogP contribution in [0.2, 0.25) is 0 Å². The molecule has 0 aliphatic carbocycles. The first-order chi connectivity index (χ1) is 16.6. The number of aryl methyl sites for hydroxylation is 2. The summed E-state index contributed by atoms with van der Waals surface area (Å²) < 4.78 is 0. The number of hydrogen-bond acceptors (Lipinski definition) is 6. The Bertz CT molecular complexity index is 1230. The Morgan fingerprint density at radius 2 is 1.44 bits per heavy atom. The fraction of sp³-hybridized carbons (Fsp3) is 0.259. The summed E-state index contributed by atoms with van der Waals surface area (Å²) in [6, 6.07) is 14.9. The standard InChI is InChI=1S/C22H11N6.C5H12O2.Ir/c1-13-14(2)28-22(18-6-16(12-24)8-20(10-18)26-4)21(27-13)17-5-15(11-23)7-19(9-17)25-3;1-4(6)3-5(2)7;/h5,7-10H,1-2H3;4-7H,3H2,1-2H3;/q-1;;. The van der Waals surface area contributed by atoms with Crippen molar-refractivity contribution in [3.63, 3.8) is 0 Å². The van der Waals surface area contributed by atoms with E-state index in [9.17, 15) is 10.5 Å². The van der Waals surface area contributed by atoms with Gasteiger partial charge in [-0.25, -0.2) is 10.1 Å². The molecule has 2 unspecified atom stereocenters. The molecule has 0 spiro atoms. The second-order valence-electron chi connectivity index (χ2n) is 7.91. The molecular formula is C27H23IrN6O2-. The average Bonchev–Trinajstić information content (AvgIpc) is 2.84. The van der Waals surface area contributed by atoms with Crippen LogP contribution in [-0.2, 0) is 20.1 Å². The zero-order chi connectivity index (χ0) is 26.1. The molecule has 0 saturated carbocycles. The smallest absolute Gasteiger partial charge is 0.189 e. The summed E-state index contributed by atoms with van der Waals surface area (Å²) in [6.45, 7) is 21.5. The Hall–Kier alpha value is -3.95. The fourth-order valence-electron chi connectivity index (χ4n) is 3.17. The van der Waals surface area contributed by atoms with Crippen LogP contribution in [0.15, 0.2) is 30.3 Å². The van der Waals surface area contributed by atoms with Gasteiger partial charge in [-0.1, -0.05) is 5.56 Å². The zero-order valence-corrected chi connectivity index (χ0v) is 22.6. The zero-order valence-electron chi connectivity index (χ0n) is 20.2. The predicted octanol–water partition coefficient (Wildman–Crippen LogP) is 5.21. The molecular weight excluding hydrogens is 633 g/mol. The number of aromatic nitrogens is 2. The molecule has 2 atom stereocenters. The first kappa shape index (κ1) is 30.1. The monoisotopic (exact) mass is 656 g/mol. The maximum atomic E-state index is 9.29. The van der Waals surface area contributed by atoms with Crippen LogP contribution in [0.1, 0.15) is 42.8 Å². The summed E-state index contributed by atoms with van der Waals surface area (Å²) in [5.41, 5.74) is 4.50. The molecule has 0 bridgehead atoms. The third-order valence-corrected chi connectivity index (χ3v) is 4.80. The van der Waals surface area contributed by atoms with Crippen molar-refractivity contribution in [2.24, 2.45) is 0 Å². The number of hydrogen-bond donors (Lipinski definition) is 2. The van der Waals surface area contributed by atoms with E-state index in [4.69, 9.17) is 23.4 Å². The third kappa shape index (κ3) is 8.07. The number of aliphatic hydroxyl groups excluding tert-OH is 2. The van der Waals surface area contributed by atoms with Crippen LogP contribution in [0.25, 0.3) is 32.2 Å². The van der Waals surface area contributed by atoms with Gasteiger partial charge in [-0.3, -0.25) is 14.8 Å². The van der Waals surface area contributed by atoms with Crippen LogP contribution in [0.4, 0.5) is 11.4 Å². The minimum Gasteiger partial charge on any atom is -0.393 e. The van der Waals surface area contributed by atoms with Crippen molar-refractivity contribution in [1.29, 1.82) is 10.5 Å².